The van der Waals surface area contributed by atoms with Crippen LogP contribution in [0.1, 0.15) is 6.92 Å². The summed E-state index contributed by atoms with van der Waals surface area (Å²) in [6, 6.07) is 15.0. The van der Waals surface area contributed by atoms with Crippen molar-refractivity contribution in [2.75, 3.05) is 24.8 Å². The predicted octanol–water partition coefficient (Wildman–Crippen LogP) is 4.01. The van der Waals surface area contributed by atoms with Crippen LogP contribution in [0.3, 0.4) is 0 Å². The van der Waals surface area contributed by atoms with Crippen LogP contribution in [0.2, 0.25) is 0 Å². The van der Waals surface area contributed by atoms with Crippen LogP contribution < -0.4 is 14.8 Å². The number of aromatic nitrogens is 2. The van der Waals surface area contributed by atoms with Crippen molar-refractivity contribution in [1.29, 1.82) is 0 Å². The smallest absolute Gasteiger partial charge is 0.234 e. The number of nitrogens with one attached hydrogen (secondary N) is 1. The van der Waals surface area contributed by atoms with Crippen LogP contribution in [-0.4, -0.2) is 34.9 Å². The molecule has 3 aromatic rings. The molecular formula is C20H21N3O3S. The number of imidazole rings is 1. The maximum Gasteiger partial charge on any atom is 0.234 e. The van der Waals surface area contributed by atoms with E-state index in [0.717, 1.165) is 28.0 Å². The number of carbonyl (C=O) groups excluding carboxylic acids is 1. The predicted molar refractivity (Wildman–Crippen MR) is 107 cm³/mol. The van der Waals surface area contributed by atoms with Crippen molar-refractivity contribution in [3.8, 4) is 17.2 Å². The van der Waals surface area contributed by atoms with E-state index in [1.54, 1.807) is 25.4 Å². The highest BCUT2D eigenvalue weighted by atomic mass is 32.2. The lowest BCUT2D eigenvalue weighted by molar-refractivity contribution is -0.113. The third kappa shape index (κ3) is 5.04. The van der Waals surface area contributed by atoms with Gasteiger partial charge in [0.15, 0.2) is 5.16 Å². The van der Waals surface area contributed by atoms with Crippen molar-refractivity contribution < 1.29 is 14.3 Å². The molecule has 7 heteroatoms. The van der Waals surface area contributed by atoms with Gasteiger partial charge < -0.3 is 14.8 Å². The number of benzene rings is 2. The molecular weight excluding hydrogens is 362 g/mol. The minimum atomic E-state index is -0.0913. The Bertz CT molecular complexity index is 876. The largest absolute Gasteiger partial charge is 0.497 e. The molecule has 3 rings (SSSR count). The molecule has 6 nitrogen and oxygen atoms in total. The molecule has 0 saturated carbocycles. The summed E-state index contributed by atoms with van der Waals surface area (Å²) in [6.07, 6.45) is 3.60. The van der Waals surface area contributed by atoms with Gasteiger partial charge in [0.2, 0.25) is 5.91 Å². The minimum absolute atomic E-state index is 0.0913. The zero-order valence-electron chi connectivity index (χ0n) is 15.2. The summed E-state index contributed by atoms with van der Waals surface area (Å²) in [5, 5.41) is 3.62. The molecule has 0 aliphatic heterocycles. The Hall–Kier alpha value is -2.93. The first-order valence-corrected chi connectivity index (χ1v) is 9.51. The molecule has 0 fully saturated rings. The van der Waals surface area contributed by atoms with Crippen molar-refractivity contribution in [2.24, 2.45) is 0 Å². The Morgan fingerprint density at radius 1 is 1.11 bits per heavy atom. The number of thioether (sulfide) groups is 1. The highest BCUT2D eigenvalue weighted by molar-refractivity contribution is 7.99. The van der Waals surface area contributed by atoms with E-state index >= 15 is 0 Å². The molecule has 0 atom stereocenters. The molecule has 1 heterocycles. The molecule has 0 radical (unpaired) electrons. The van der Waals surface area contributed by atoms with Gasteiger partial charge in [-0.2, -0.15) is 0 Å². The Labute approximate surface area is 162 Å². The molecule has 0 bridgehead atoms. The fraction of sp³-hybridized carbons (Fsp3) is 0.200. The highest BCUT2D eigenvalue weighted by Crippen LogP contribution is 2.23. The molecule has 0 aliphatic rings. The normalized spacial score (nSPS) is 10.4. The number of hydrogen-bond acceptors (Lipinski definition) is 5. The van der Waals surface area contributed by atoms with Crippen LogP contribution >= 0.6 is 11.8 Å². The summed E-state index contributed by atoms with van der Waals surface area (Å²) in [5.74, 6) is 1.75. The van der Waals surface area contributed by atoms with Crippen LogP contribution in [0.5, 0.6) is 11.5 Å². The van der Waals surface area contributed by atoms with E-state index in [0.29, 0.717) is 6.61 Å². The van der Waals surface area contributed by atoms with Gasteiger partial charge in [-0.15, -0.1) is 0 Å². The van der Waals surface area contributed by atoms with Gasteiger partial charge in [0.25, 0.3) is 0 Å². The van der Waals surface area contributed by atoms with E-state index in [1.165, 1.54) is 11.8 Å². The van der Waals surface area contributed by atoms with Crippen LogP contribution in [0.4, 0.5) is 5.69 Å². The number of carbonyl (C=O) groups is 1. The molecule has 2 aromatic carbocycles. The van der Waals surface area contributed by atoms with Crippen LogP contribution in [-0.2, 0) is 4.79 Å². The quantitative estimate of drug-likeness (QED) is 0.596. The van der Waals surface area contributed by atoms with Gasteiger partial charge >= 0.3 is 0 Å². The summed E-state index contributed by atoms with van der Waals surface area (Å²) in [6.45, 7) is 2.59. The maximum absolute atomic E-state index is 12.2. The Balaban J connectivity index is 1.59. The van der Waals surface area contributed by atoms with Crippen LogP contribution in [0, 0.1) is 0 Å². The van der Waals surface area contributed by atoms with Gasteiger partial charge in [0.1, 0.15) is 11.5 Å². The van der Waals surface area contributed by atoms with Crippen molar-refractivity contribution >= 4 is 23.4 Å². The molecule has 0 unspecified atom stereocenters. The molecule has 0 spiro atoms. The second-order valence-electron chi connectivity index (χ2n) is 5.57. The number of amides is 1. The zero-order valence-corrected chi connectivity index (χ0v) is 16.0. The van der Waals surface area contributed by atoms with Crippen LogP contribution in [0.25, 0.3) is 5.69 Å². The zero-order chi connectivity index (χ0) is 19.1. The molecule has 0 saturated heterocycles. The fourth-order valence-corrected chi connectivity index (χ4v) is 3.24. The van der Waals surface area contributed by atoms with Crippen molar-refractivity contribution in [3.05, 3.63) is 60.9 Å². The molecule has 1 aromatic heterocycles. The van der Waals surface area contributed by atoms with E-state index in [-0.39, 0.29) is 11.7 Å². The van der Waals surface area contributed by atoms with Gasteiger partial charge in [-0.3, -0.25) is 9.36 Å². The van der Waals surface area contributed by atoms with E-state index < -0.39 is 0 Å². The Morgan fingerprint density at radius 2 is 1.81 bits per heavy atom. The lowest BCUT2D eigenvalue weighted by Gasteiger charge is -2.09. The van der Waals surface area contributed by atoms with E-state index in [4.69, 9.17) is 9.47 Å². The molecule has 1 amide bonds. The molecule has 27 heavy (non-hydrogen) atoms. The minimum Gasteiger partial charge on any atom is -0.497 e. The monoisotopic (exact) mass is 383 g/mol. The lowest BCUT2D eigenvalue weighted by Crippen LogP contribution is -2.14. The third-order valence-corrected chi connectivity index (χ3v) is 4.71. The lowest BCUT2D eigenvalue weighted by atomic mass is 10.3. The highest BCUT2D eigenvalue weighted by Gasteiger charge is 2.10. The van der Waals surface area contributed by atoms with Crippen molar-refractivity contribution in [1.82, 2.24) is 9.55 Å². The van der Waals surface area contributed by atoms with E-state index in [9.17, 15) is 4.79 Å². The number of anilines is 1. The number of ether oxygens (including phenoxy) is 2. The van der Waals surface area contributed by atoms with Gasteiger partial charge in [-0.05, 0) is 55.5 Å². The first-order valence-electron chi connectivity index (χ1n) is 8.53. The van der Waals surface area contributed by atoms with E-state index in [1.807, 2.05) is 54.1 Å². The first kappa shape index (κ1) is 18.8. The maximum atomic E-state index is 12.2. The summed E-state index contributed by atoms with van der Waals surface area (Å²) >= 11 is 1.38. The summed E-state index contributed by atoms with van der Waals surface area (Å²) in [5.41, 5.74) is 1.70. The Morgan fingerprint density at radius 3 is 2.48 bits per heavy atom. The average molecular weight is 383 g/mol. The molecule has 0 aliphatic carbocycles. The standard InChI is InChI=1S/C20H21N3O3S/c1-3-26-18-10-6-16(7-11-18)23-13-12-21-20(23)27-14-19(24)22-15-4-8-17(25-2)9-5-15/h4-13H,3,14H2,1-2H3,(H,22,24). The van der Waals surface area contributed by atoms with Gasteiger partial charge in [-0.1, -0.05) is 11.8 Å². The summed E-state index contributed by atoms with van der Waals surface area (Å²) in [4.78, 5) is 16.6. The van der Waals surface area contributed by atoms with E-state index in [2.05, 4.69) is 10.3 Å². The first-order chi connectivity index (χ1) is 13.2. The second-order valence-corrected chi connectivity index (χ2v) is 6.51. The SMILES string of the molecule is CCOc1ccc(-n2ccnc2SCC(=O)Nc2ccc(OC)cc2)cc1. The number of methoxy groups -OCH3 is 1. The van der Waals surface area contributed by atoms with Crippen molar-refractivity contribution in [3.63, 3.8) is 0 Å². The number of hydrogen-bond donors (Lipinski definition) is 1. The van der Waals surface area contributed by atoms with Gasteiger partial charge in [0.05, 0.1) is 19.5 Å². The molecule has 140 valence electrons. The summed E-state index contributed by atoms with van der Waals surface area (Å²) in [7, 11) is 1.61. The fourth-order valence-electron chi connectivity index (χ4n) is 2.46. The topological polar surface area (TPSA) is 65.4 Å². The second kappa shape index (κ2) is 9.14. The van der Waals surface area contributed by atoms with Gasteiger partial charge in [-0.25, -0.2) is 4.98 Å². The Kier molecular flexibility index (Phi) is 6.38. The third-order valence-electron chi connectivity index (χ3n) is 3.74. The number of nitrogens with zero attached hydrogens (tertiary/aromatic N) is 2. The average Bonchev–Trinajstić information content (AvgIpc) is 3.16. The van der Waals surface area contributed by atoms with Crippen LogP contribution in [0.15, 0.2) is 66.1 Å². The molecule has 1 N–H and O–H groups in total. The number of rotatable bonds is 8. The van der Waals surface area contributed by atoms with Gasteiger partial charge in [0, 0.05) is 23.8 Å². The van der Waals surface area contributed by atoms with Crippen molar-refractivity contribution in [2.45, 2.75) is 12.1 Å². The summed E-state index contributed by atoms with van der Waals surface area (Å²) < 4.78 is 12.5.